The Kier molecular flexibility index (Phi) is 7.54. The van der Waals surface area contributed by atoms with E-state index in [0.29, 0.717) is 11.3 Å². The molecule has 1 aromatic heterocycles. The molecular weight excluding hydrogens is 452 g/mol. The third-order valence-corrected chi connectivity index (χ3v) is 6.47. The van der Waals surface area contributed by atoms with Gasteiger partial charge in [0.05, 0.1) is 6.10 Å². The van der Waals surface area contributed by atoms with Crippen molar-refractivity contribution in [2.24, 2.45) is 0 Å². The summed E-state index contributed by atoms with van der Waals surface area (Å²) in [6.45, 7) is 9.94. The molecule has 0 aliphatic carbocycles. The Balaban J connectivity index is 2.26. The monoisotopic (exact) mass is 480 g/mol. The van der Waals surface area contributed by atoms with Gasteiger partial charge < -0.3 is 9.84 Å². The van der Waals surface area contributed by atoms with E-state index in [0.717, 1.165) is 33.4 Å². The zero-order valence-electron chi connectivity index (χ0n) is 19.3. The third kappa shape index (κ3) is 5.95. The van der Waals surface area contributed by atoms with Gasteiger partial charge in [0.15, 0.2) is 0 Å². The van der Waals surface area contributed by atoms with E-state index in [9.17, 15) is 22.7 Å². The Hall–Kier alpha value is -2.38. The first kappa shape index (κ1) is 25.2. The van der Waals surface area contributed by atoms with Gasteiger partial charge in [-0.25, -0.2) is 4.39 Å². The molecule has 0 aliphatic heterocycles. The summed E-state index contributed by atoms with van der Waals surface area (Å²) in [5, 5.41) is 12.1. The molecule has 1 unspecified atom stereocenters. The number of halogens is 4. The van der Waals surface area contributed by atoms with E-state index in [1.807, 2.05) is 0 Å². The van der Waals surface area contributed by atoms with Crippen molar-refractivity contribution in [3.63, 3.8) is 0 Å². The highest BCUT2D eigenvalue weighted by Gasteiger charge is 2.32. The van der Waals surface area contributed by atoms with E-state index in [1.165, 1.54) is 34.9 Å². The van der Waals surface area contributed by atoms with Crippen molar-refractivity contribution in [2.75, 3.05) is 0 Å². The average molecular weight is 481 g/mol. The second-order valence-corrected chi connectivity index (χ2v) is 9.78. The fraction of sp³-hybridized carbons (Fsp3) is 0.385. The van der Waals surface area contributed by atoms with Gasteiger partial charge in [-0.15, -0.1) is 24.5 Å². The topological polar surface area (TPSA) is 29.5 Å². The van der Waals surface area contributed by atoms with Gasteiger partial charge in [0.25, 0.3) is 0 Å². The van der Waals surface area contributed by atoms with Crippen molar-refractivity contribution >= 4 is 11.3 Å². The van der Waals surface area contributed by atoms with Crippen LogP contribution in [0.2, 0.25) is 0 Å². The lowest BCUT2D eigenvalue weighted by atomic mass is 9.79. The van der Waals surface area contributed by atoms with E-state index in [-0.39, 0.29) is 23.4 Å². The van der Waals surface area contributed by atoms with Crippen LogP contribution in [0.1, 0.15) is 79.7 Å². The summed E-state index contributed by atoms with van der Waals surface area (Å²) in [7, 11) is 0. The van der Waals surface area contributed by atoms with E-state index < -0.39 is 12.5 Å². The number of benzene rings is 2. The Morgan fingerprint density at radius 2 is 1.55 bits per heavy atom. The van der Waals surface area contributed by atoms with Gasteiger partial charge >= 0.3 is 6.36 Å². The molecular formula is C26H28F4O2S. The predicted molar refractivity (Wildman–Crippen MR) is 124 cm³/mol. The van der Waals surface area contributed by atoms with Crippen LogP contribution in [0.15, 0.2) is 41.8 Å². The van der Waals surface area contributed by atoms with Crippen LogP contribution in [0.25, 0.3) is 11.1 Å². The van der Waals surface area contributed by atoms with Crippen molar-refractivity contribution < 1.29 is 27.4 Å². The Morgan fingerprint density at radius 3 is 2.06 bits per heavy atom. The molecule has 1 N–H and O–H groups in total. The molecule has 7 heteroatoms. The Bertz CT molecular complexity index is 1100. The van der Waals surface area contributed by atoms with Crippen molar-refractivity contribution in [3.05, 3.63) is 74.7 Å². The van der Waals surface area contributed by atoms with Crippen molar-refractivity contribution in [1.29, 1.82) is 0 Å². The Labute approximate surface area is 195 Å². The summed E-state index contributed by atoms with van der Waals surface area (Å²) in [5.41, 5.74) is 5.30. The normalized spacial score (nSPS) is 13.1. The van der Waals surface area contributed by atoms with Gasteiger partial charge in [0.1, 0.15) is 11.6 Å². The molecule has 178 valence electrons. The molecule has 0 bridgehead atoms. The van der Waals surface area contributed by atoms with Crippen LogP contribution in [-0.2, 0) is 6.42 Å². The highest BCUT2D eigenvalue weighted by atomic mass is 32.1. The average Bonchev–Trinajstić information content (AvgIpc) is 3.12. The predicted octanol–water partition coefficient (Wildman–Crippen LogP) is 8.34. The zero-order chi connectivity index (χ0) is 24.5. The molecule has 0 saturated carbocycles. The highest BCUT2D eigenvalue weighted by molar-refractivity contribution is 7.10. The van der Waals surface area contributed by atoms with Crippen LogP contribution in [0, 0.1) is 5.82 Å². The van der Waals surface area contributed by atoms with Crippen LogP contribution in [0.5, 0.6) is 5.75 Å². The second-order valence-electron chi connectivity index (χ2n) is 8.79. The van der Waals surface area contributed by atoms with Gasteiger partial charge in [0.2, 0.25) is 0 Å². The summed E-state index contributed by atoms with van der Waals surface area (Å²) in [4.78, 5) is 0.702. The number of hydrogen-bond acceptors (Lipinski definition) is 3. The first-order chi connectivity index (χ1) is 15.4. The number of aliphatic hydroxyl groups is 1. The van der Waals surface area contributed by atoms with Gasteiger partial charge in [0, 0.05) is 16.7 Å². The molecule has 1 atom stereocenters. The molecule has 0 fully saturated rings. The molecule has 2 nitrogen and oxygen atoms in total. The van der Waals surface area contributed by atoms with Crippen LogP contribution >= 0.6 is 11.3 Å². The first-order valence-corrected chi connectivity index (χ1v) is 11.7. The van der Waals surface area contributed by atoms with Gasteiger partial charge in [-0.3, -0.25) is 0 Å². The van der Waals surface area contributed by atoms with E-state index in [1.54, 1.807) is 19.1 Å². The number of ether oxygens (including phenoxy) is 1. The molecule has 1 heterocycles. The molecule has 0 aliphatic rings. The van der Waals surface area contributed by atoms with Crippen LogP contribution in [0.3, 0.4) is 0 Å². The van der Waals surface area contributed by atoms with Crippen molar-refractivity contribution in [2.45, 2.75) is 65.3 Å². The van der Waals surface area contributed by atoms with E-state index >= 15 is 0 Å². The minimum absolute atomic E-state index is 0.130. The molecule has 3 aromatic rings. The van der Waals surface area contributed by atoms with Gasteiger partial charge in [-0.1, -0.05) is 45.9 Å². The number of hydrogen-bond donors (Lipinski definition) is 1. The van der Waals surface area contributed by atoms with Gasteiger partial charge in [-0.2, -0.15) is 0 Å². The fourth-order valence-electron chi connectivity index (χ4n) is 4.18. The smallest absolute Gasteiger partial charge is 0.405 e. The minimum atomic E-state index is -4.75. The molecule has 3 rings (SSSR count). The number of thiophene rings is 1. The largest absolute Gasteiger partial charge is 0.573 e. The maximum Gasteiger partial charge on any atom is 0.573 e. The number of rotatable bonds is 7. The summed E-state index contributed by atoms with van der Waals surface area (Å²) in [6, 6.07) is 9.61. The third-order valence-electron chi connectivity index (χ3n) is 5.55. The molecule has 0 spiro atoms. The van der Waals surface area contributed by atoms with Crippen molar-refractivity contribution in [3.8, 4) is 16.9 Å². The molecule has 2 aromatic carbocycles. The highest BCUT2D eigenvalue weighted by Crippen LogP contribution is 2.43. The van der Waals surface area contributed by atoms with Crippen LogP contribution in [0.4, 0.5) is 17.6 Å². The Morgan fingerprint density at radius 1 is 0.939 bits per heavy atom. The summed E-state index contributed by atoms with van der Waals surface area (Å²) < 4.78 is 55.7. The maximum absolute atomic E-state index is 13.7. The standard InChI is InChI=1S/C26H28F4O2S/c1-14(2)21-12-22(15(3)4)24(16(5)31)25(17-6-8-18(27)9-7-17)23(21)11-20-10-19(13-33-20)32-26(28,29)30/h6-10,12-16,31H,11H2,1-5H3. The lowest BCUT2D eigenvalue weighted by molar-refractivity contribution is -0.274. The summed E-state index contributed by atoms with van der Waals surface area (Å²) in [5.74, 6) is -0.346. The maximum atomic E-state index is 13.7. The van der Waals surface area contributed by atoms with E-state index in [2.05, 4.69) is 38.5 Å². The van der Waals surface area contributed by atoms with Crippen LogP contribution in [-0.4, -0.2) is 11.5 Å². The molecule has 0 radical (unpaired) electrons. The van der Waals surface area contributed by atoms with Crippen molar-refractivity contribution in [1.82, 2.24) is 0 Å². The zero-order valence-corrected chi connectivity index (χ0v) is 20.1. The SMILES string of the molecule is CC(C)c1cc(C(C)C)c(C(C)O)c(-c2ccc(F)cc2)c1Cc1cc(OC(F)(F)F)cs1. The number of alkyl halides is 3. The minimum Gasteiger partial charge on any atom is -0.405 e. The molecule has 0 amide bonds. The summed E-state index contributed by atoms with van der Waals surface area (Å²) >= 11 is 1.19. The lowest BCUT2D eigenvalue weighted by Crippen LogP contribution is -2.16. The fourth-order valence-corrected chi connectivity index (χ4v) is 4.97. The summed E-state index contributed by atoms with van der Waals surface area (Å²) in [6.07, 6.45) is -5.17. The van der Waals surface area contributed by atoms with E-state index in [4.69, 9.17) is 0 Å². The lowest BCUT2D eigenvalue weighted by Gasteiger charge is -2.27. The van der Waals surface area contributed by atoms with Gasteiger partial charge in [-0.05, 0) is 70.3 Å². The molecule has 0 saturated heterocycles. The second kappa shape index (κ2) is 9.85. The first-order valence-electron chi connectivity index (χ1n) is 10.8. The quantitative estimate of drug-likeness (QED) is 0.344. The van der Waals surface area contributed by atoms with Crippen LogP contribution < -0.4 is 4.74 Å². The number of aliphatic hydroxyl groups excluding tert-OH is 1. The molecule has 33 heavy (non-hydrogen) atoms.